The number of hydrogen-bond acceptors (Lipinski definition) is 6. The van der Waals surface area contributed by atoms with Gasteiger partial charge in [-0.25, -0.2) is 0 Å². The summed E-state index contributed by atoms with van der Waals surface area (Å²) in [6.07, 6.45) is 3.96. The van der Waals surface area contributed by atoms with Crippen LogP contribution in [0.25, 0.3) is 0 Å². The lowest BCUT2D eigenvalue weighted by atomic mass is 9.95. The summed E-state index contributed by atoms with van der Waals surface area (Å²) in [6, 6.07) is 2.03. The average Bonchev–Trinajstić information content (AvgIpc) is 3.28. The van der Waals surface area contributed by atoms with Crippen LogP contribution in [0.2, 0.25) is 0 Å². The predicted molar refractivity (Wildman–Crippen MR) is 103 cm³/mol. The van der Waals surface area contributed by atoms with E-state index in [0.717, 1.165) is 67.0 Å². The first-order chi connectivity index (χ1) is 11.8. The maximum absolute atomic E-state index is 12.7. The van der Waals surface area contributed by atoms with Crippen molar-refractivity contribution in [2.24, 2.45) is 0 Å². The Hall–Kier alpha value is -1.09. The molecule has 0 atom stereocenters. The van der Waals surface area contributed by atoms with Crippen LogP contribution in [0.4, 0.5) is 0 Å². The van der Waals surface area contributed by atoms with Gasteiger partial charge in [0.2, 0.25) is 0 Å². The normalized spacial score (nSPS) is 17.9. The molecule has 25 heavy (non-hydrogen) atoms. The second-order valence-corrected chi connectivity index (χ2v) is 7.95. The van der Waals surface area contributed by atoms with Crippen molar-refractivity contribution >= 4 is 41.4 Å². The van der Waals surface area contributed by atoms with E-state index in [9.17, 15) is 4.79 Å². The van der Waals surface area contributed by atoms with Crippen molar-refractivity contribution in [3.63, 3.8) is 0 Å². The van der Waals surface area contributed by atoms with Crippen LogP contribution < -0.4 is 5.32 Å². The summed E-state index contributed by atoms with van der Waals surface area (Å²) in [4.78, 5) is 16.7. The summed E-state index contributed by atoms with van der Waals surface area (Å²) in [5, 5.41) is 14.1. The van der Waals surface area contributed by atoms with Crippen LogP contribution in [0.3, 0.4) is 0 Å². The number of nitrogens with one attached hydrogen (secondary N) is 1. The number of thioether (sulfide) groups is 1. The van der Waals surface area contributed by atoms with Gasteiger partial charge in [0, 0.05) is 37.0 Å². The Morgan fingerprint density at radius 3 is 2.88 bits per heavy atom. The van der Waals surface area contributed by atoms with Crippen LogP contribution in [-0.2, 0) is 13.1 Å². The van der Waals surface area contributed by atoms with E-state index in [-0.39, 0.29) is 18.3 Å². The van der Waals surface area contributed by atoms with Gasteiger partial charge in [0.1, 0.15) is 16.5 Å². The van der Waals surface area contributed by atoms with Gasteiger partial charge in [-0.2, -0.15) is 0 Å². The van der Waals surface area contributed by atoms with Gasteiger partial charge >= 0.3 is 0 Å². The molecule has 0 radical (unpaired) electrons. The molecule has 0 aliphatic carbocycles. The van der Waals surface area contributed by atoms with Gasteiger partial charge < -0.3 is 14.8 Å². The number of amides is 1. The molecule has 0 unspecified atom stereocenters. The summed E-state index contributed by atoms with van der Waals surface area (Å²) >= 11 is 3.19. The van der Waals surface area contributed by atoms with Crippen LogP contribution in [0, 0.1) is 0 Å². The average molecular weight is 400 g/mol. The summed E-state index contributed by atoms with van der Waals surface area (Å²) in [5.41, 5.74) is 0. The minimum Gasteiger partial charge on any atom is -0.338 e. The maximum atomic E-state index is 12.7. The number of rotatable bonds is 3. The third kappa shape index (κ3) is 3.58. The summed E-state index contributed by atoms with van der Waals surface area (Å²) in [7, 11) is 0. The standard InChI is InChI=1S/C16H21N5OS2.ClH/c1-23-12-4-9-24-14(12)16(22)20-6-2-11(3-7-20)15-19-18-13-10-17-5-8-21(13)15;/h4,9,11,17H,2-3,5-8,10H2,1H3;1H. The van der Waals surface area contributed by atoms with E-state index in [1.165, 1.54) is 0 Å². The van der Waals surface area contributed by atoms with Crippen molar-refractivity contribution in [2.75, 3.05) is 25.9 Å². The number of aromatic nitrogens is 3. The third-order valence-electron chi connectivity index (χ3n) is 4.84. The highest BCUT2D eigenvalue weighted by atomic mass is 35.5. The molecule has 2 aromatic rings. The zero-order valence-corrected chi connectivity index (χ0v) is 16.6. The van der Waals surface area contributed by atoms with Gasteiger partial charge in [-0.3, -0.25) is 4.79 Å². The van der Waals surface area contributed by atoms with E-state index in [1.54, 1.807) is 23.1 Å². The van der Waals surface area contributed by atoms with Crippen molar-refractivity contribution in [3.8, 4) is 0 Å². The number of thiophene rings is 1. The van der Waals surface area contributed by atoms with Gasteiger partial charge in [-0.15, -0.1) is 45.7 Å². The fourth-order valence-electron chi connectivity index (χ4n) is 3.52. The molecular weight excluding hydrogens is 378 g/mol. The van der Waals surface area contributed by atoms with Crippen molar-refractivity contribution < 1.29 is 4.79 Å². The molecule has 1 amide bonds. The van der Waals surface area contributed by atoms with Crippen molar-refractivity contribution in [1.29, 1.82) is 0 Å². The highest BCUT2D eigenvalue weighted by molar-refractivity contribution is 7.98. The zero-order valence-electron chi connectivity index (χ0n) is 14.1. The lowest BCUT2D eigenvalue weighted by Gasteiger charge is -2.32. The Morgan fingerprint density at radius 2 is 2.12 bits per heavy atom. The van der Waals surface area contributed by atoms with Gasteiger partial charge in [0.05, 0.1) is 6.54 Å². The van der Waals surface area contributed by atoms with E-state index in [2.05, 4.69) is 20.1 Å². The second-order valence-electron chi connectivity index (χ2n) is 6.19. The quantitative estimate of drug-likeness (QED) is 0.804. The lowest BCUT2D eigenvalue weighted by Crippen LogP contribution is -2.38. The Balaban J connectivity index is 0.00000182. The number of carbonyl (C=O) groups excluding carboxylic acids is 1. The smallest absolute Gasteiger partial charge is 0.265 e. The molecule has 1 fully saturated rings. The summed E-state index contributed by atoms with van der Waals surface area (Å²) < 4.78 is 2.27. The van der Waals surface area contributed by atoms with E-state index < -0.39 is 0 Å². The van der Waals surface area contributed by atoms with Crippen LogP contribution >= 0.6 is 35.5 Å². The van der Waals surface area contributed by atoms with E-state index >= 15 is 0 Å². The summed E-state index contributed by atoms with van der Waals surface area (Å²) in [6.45, 7) is 4.33. The molecule has 4 rings (SSSR count). The molecular formula is C16H22ClN5OS2. The van der Waals surface area contributed by atoms with Gasteiger partial charge in [0.15, 0.2) is 0 Å². The number of hydrogen-bond donors (Lipinski definition) is 1. The maximum Gasteiger partial charge on any atom is 0.265 e. The number of likely N-dealkylation sites (tertiary alicyclic amines) is 1. The van der Waals surface area contributed by atoms with Crippen LogP contribution in [-0.4, -0.2) is 51.5 Å². The van der Waals surface area contributed by atoms with Crippen molar-refractivity contribution in [2.45, 2.75) is 36.7 Å². The van der Waals surface area contributed by atoms with Gasteiger partial charge in [-0.05, 0) is 30.5 Å². The molecule has 1 N–H and O–H groups in total. The molecule has 2 aromatic heterocycles. The number of piperidine rings is 1. The minimum absolute atomic E-state index is 0. The first-order valence-electron chi connectivity index (χ1n) is 8.31. The fourth-order valence-corrected chi connectivity index (χ4v) is 5.23. The van der Waals surface area contributed by atoms with Gasteiger partial charge in [-0.1, -0.05) is 0 Å². The first kappa shape index (κ1) is 18.7. The number of halogens is 1. The Morgan fingerprint density at radius 1 is 1.32 bits per heavy atom. The Labute approximate surface area is 161 Å². The lowest BCUT2D eigenvalue weighted by molar-refractivity contribution is 0.0712. The molecule has 9 heteroatoms. The second kappa shape index (κ2) is 8.07. The molecule has 0 aromatic carbocycles. The topological polar surface area (TPSA) is 63.1 Å². The molecule has 0 spiro atoms. The molecule has 2 aliphatic rings. The molecule has 0 saturated carbocycles. The predicted octanol–water partition coefficient (Wildman–Crippen LogP) is 2.61. The number of carbonyl (C=O) groups is 1. The molecule has 136 valence electrons. The highest BCUT2D eigenvalue weighted by Crippen LogP contribution is 2.31. The third-order valence-corrected chi connectivity index (χ3v) is 6.65. The molecule has 0 bridgehead atoms. The fraction of sp³-hybridized carbons (Fsp3) is 0.562. The van der Waals surface area contributed by atoms with E-state index in [1.807, 2.05) is 22.6 Å². The molecule has 2 aliphatic heterocycles. The van der Waals surface area contributed by atoms with E-state index in [4.69, 9.17) is 0 Å². The zero-order chi connectivity index (χ0) is 16.5. The monoisotopic (exact) mass is 399 g/mol. The number of fused-ring (bicyclic) bond motifs is 1. The molecule has 6 nitrogen and oxygen atoms in total. The van der Waals surface area contributed by atoms with Crippen molar-refractivity contribution in [1.82, 2.24) is 25.0 Å². The van der Waals surface area contributed by atoms with Crippen LogP contribution in [0.15, 0.2) is 16.3 Å². The highest BCUT2D eigenvalue weighted by Gasteiger charge is 2.30. The van der Waals surface area contributed by atoms with E-state index in [0.29, 0.717) is 5.92 Å². The largest absolute Gasteiger partial charge is 0.338 e. The Kier molecular flexibility index (Phi) is 6.04. The minimum atomic E-state index is 0. The van der Waals surface area contributed by atoms with Gasteiger partial charge in [0.25, 0.3) is 5.91 Å². The van der Waals surface area contributed by atoms with Crippen molar-refractivity contribution in [3.05, 3.63) is 28.0 Å². The number of nitrogens with zero attached hydrogens (tertiary/aromatic N) is 4. The SMILES string of the molecule is CSc1ccsc1C(=O)N1CCC(c2nnc3n2CCNC3)CC1.Cl. The van der Waals surface area contributed by atoms with Crippen LogP contribution in [0.5, 0.6) is 0 Å². The van der Waals surface area contributed by atoms with Crippen LogP contribution in [0.1, 0.15) is 40.1 Å². The summed E-state index contributed by atoms with van der Waals surface area (Å²) in [5.74, 6) is 2.74. The molecule has 1 saturated heterocycles. The first-order valence-corrected chi connectivity index (χ1v) is 10.4. The molecule has 4 heterocycles. The Bertz CT molecular complexity index is 739.